The monoisotopic (exact) mass is 284 g/mol. The molecule has 2 heterocycles. The lowest BCUT2D eigenvalue weighted by molar-refractivity contribution is -0.385. The molecule has 1 amide bonds. The quantitative estimate of drug-likeness (QED) is 0.508. The van der Waals surface area contributed by atoms with Crippen LogP contribution in [0.1, 0.15) is 17.3 Å². The van der Waals surface area contributed by atoms with Gasteiger partial charge in [0.25, 0.3) is 11.6 Å². The minimum absolute atomic E-state index is 0.0127. The molecule has 2 rings (SSSR count). The zero-order valence-corrected chi connectivity index (χ0v) is 11.1. The largest absolute Gasteiger partial charge is 0.333 e. The first kappa shape index (κ1) is 13.7. The van der Waals surface area contributed by atoms with E-state index in [1.165, 1.54) is 6.07 Å². The molecule has 1 saturated heterocycles. The van der Waals surface area contributed by atoms with E-state index in [4.69, 9.17) is 11.6 Å². The molecule has 0 radical (unpaired) electrons. The van der Waals surface area contributed by atoms with Crippen LogP contribution in [0.3, 0.4) is 0 Å². The molecule has 0 atom stereocenters. The summed E-state index contributed by atoms with van der Waals surface area (Å²) in [5, 5.41) is 13.8. The lowest BCUT2D eigenvalue weighted by Crippen LogP contribution is -2.58. The van der Waals surface area contributed by atoms with Crippen LogP contribution in [0, 0.1) is 10.1 Å². The maximum atomic E-state index is 12.4. The van der Waals surface area contributed by atoms with Gasteiger partial charge in [-0.2, -0.15) is 0 Å². The van der Waals surface area contributed by atoms with E-state index in [-0.39, 0.29) is 28.4 Å². The van der Waals surface area contributed by atoms with E-state index in [1.54, 1.807) is 4.90 Å². The fraction of sp³-hybridized carbons (Fsp3) is 0.455. The molecular weight excluding hydrogens is 272 g/mol. The Bertz CT molecular complexity index is 519. The molecule has 0 unspecified atom stereocenters. The molecule has 1 aliphatic rings. The number of nitrogens with one attached hydrogen (secondary N) is 1. The Hall–Kier alpha value is -1.73. The van der Waals surface area contributed by atoms with Gasteiger partial charge in [-0.25, -0.2) is 4.98 Å². The van der Waals surface area contributed by atoms with E-state index in [0.29, 0.717) is 6.54 Å². The number of hydrogen-bond acceptors (Lipinski definition) is 5. The first-order valence-corrected chi connectivity index (χ1v) is 6.24. The zero-order chi connectivity index (χ0) is 14.0. The van der Waals surface area contributed by atoms with Gasteiger partial charge in [0.2, 0.25) is 0 Å². The number of rotatable bonds is 4. The summed E-state index contributed by atoms with van der Waals surface area (Å²) >= 11 is 5.87. The topological polar surface area (TPSA) is 88.4 Å². The van der Waals surface area contributed by atoms with Crippen molar-refractivity contribution in [3.63, 3.8) is 0 Å². The van der Waals surface area contributed by atoms with Crippen LogP contribution in [-0.2, 0) is 0 Å². The van der Waals surface area contributed by atoms with Crippen LogP contribution in [-0.4, -0.2) is 46.4 Å². The smallest absolute Gasteiger partial charge is 0.288 e. The van der Waals surface area contributed by atoms with Crippen molar-refractivity contribution in [1.29, 1.82) is 0 Å². The van der Waals surface area contributed by atoms with Crippen molar-refractivity contribution < 1.29 is 9.72 Å². The maximum Gasteiger partial charge on any atom is 0.288 e. The SMILES string of the molecule is CCN(C(=O)c1cc([N+](=O)[O-])cnc1Cl)C1CNC1. The molecule has 7 nitrogen and oxygen atoms in total. The first-order chi connectivity index (χ1) is 9.04. The van der Waals surface area contributed by atoms with E-state index in [9.17, 15) is 14.9 Å². The molecule has 8 heteroatoms. The van der Waals surface area contributed by atoms with Crippen molar-refractivity contribution in [2.75, 3.05) is 19.6 Å². The van der Waals surface area contributed by atoms with Crippen LogP contribution in [0.15, 0.2) is 12.3 Å². The highest BCUT2D eigenvalue weighted by Gasteiger charge is 2.30. The number of carbonyl (C=O) groups excluding carboxylic acids is 1. The summed E-state index contributed by atoms with van der Waals surface area (Å²) in [6.07, 6.45) is 1.04. The van der Waals surface area contributed by atoms with Gasteiger partial charge in [0, 0.05) is 25.7 Å². The highest BCUT2D eigenvalue weighted by atomic mass is 35.5. The van der Waals surface area contributed by atoms with Crippen LogP contribution >= 0.6 is 11.6 Å². The third-order valence-electron chi connectivity index (χ3n) is 3.07. The number of nitrogens with zero attached hydrogens (tertiary/aromatic N) is 3. The summed E-state index contributed by atoms with van der Waals surface area (Å²) in [6, 6.07) is 1.28. The van der Waals surface area contributed by atoms with Crippen molar-refractivity contribution >= 4 is 23.2 Å². The molecule has 1 fully saturated rings. The van der Waals surface area contributed by atoms with Crippen LogP contribution in [0.4, 0.5) is 5.69 Å². The Kier molecular flexibility index (Phi) is 3.96. The normalized spacial score (nSPS) is 14.8. The Balaban J connectivity index is 2.31. The molecule has 102 valence electrons. The van der Waals surface area contributed by atoms with Gasteiger partial charge < -0.3 is 10.2 Å². The molecule has 0 aromatic carbocycles. The summed E-state index contributed by atoms with van der Waals surface area (Å²) in [5.74, 6) is -0.324. The number of nitro groups is 1. The number of hydrogen-bond donors (Lipinski definition) is 1. The molecule has 0 saturated carbocycles. The average Bonchev–Trinajstić information content (AvgIpc) is 2.32. The van der Waals surface area contributed by atoms with E-state index in [2.05, 4.69) is 10.3 Å². The van der Waals surface area contributed by atoms with Gasteiger partial charge >= 0.3 is 0 Å². The molecule has 1 aromatic rings. The van der Waals surface area contributed by atoms with Crippen LogP contribution in [0.25, 0.3) is 0 Å². The van der Waals surface area contributed by atoms with Gasteiger partial charge in [-0.15, -0.1) is 0 Å². The molecule has 19 heavy (non-hydrogen) atoms. The first-order valence-electron chi connectivity index (χ1n) is 5.86. The Morgan fingerprint density at radius 1 is 1.68 bits per heavy atom. The Morgan fingerprint density at radius 2 is 2.37 bits per heavy atom. The second-order valence-electron chi connectivity index (χ2n) is 4.19. The summed E-state index contributed by atoms with van der Waals surface area (Å²) in [5.41, 5.74) is -0.167. The number of carbonyl (C=O) groups is 1. The summed E-state index contributed by atoms with van der Waals surface area (Å²) < 4.78 is 0. The van der Waals surface area contributed by atoms with Gasteiger partial charge in [0.15, 0.2) is 0 Å². The minimum Gasteiger partial charge on any atom is -0.333 e. The number of aromatic nitrogens is 1. The standard InChI is InChI=1S/C11H13ClN4O3/c1-2-15(8-4-13-5-8)11(17)9-3-7(16(18)19)6-14-10(9)12/h3,6,8,13H,2,4-5H2,1H3. The summed E-state index contributed by atoms with van der Waals surface area (Å²) in [6.45, 7) is 3.82. The predicted octanol–water partition coefficient (Wildman–Crippen LogP) is 1.08. The van der Waals surface area contributed by atoms with Crippen molar-refractivity contribution in [2.24, 2.45) is 0 Å². The van der Waals surface area contributed by atoms with Crippen molar-refractivity contribution in [2.45, 2.75) is 13.0 Å². The molecular formula is C11H13ClN4O3. The van der Waals surface area contributed by atoms with Gasteiger partial charge in [-0.1, -0.05) is 11.6 Å². The zero-order valence-electron chi connectivity index (χ0n) is 10.3. The Morgan fingerprint density at radius 3 is 2.84 bits per heavy atom. The van der Waals surface area contributed by atoms with E-state index < -0.39 is 4.92 Å². The highest BCUT2D eigenvalue weighted by molar-refractivity contribution is 6.32. The molecule has 0 bridgehead atoms. The number of amides is 1. The van der Waals surface area contributed by atoms with E-state index in [1.807, 2.05) is 6.92 Å². The van der Waals surface area contributed by atoms with Crippen molar-refractivity contribution in [1.82, 2.24) is 15.2 Å². The molecule has 0 spiro atoms. The third kappa shape index (κ3) is 2.66. The van der Waals surface area contributed by atoms with Gasteiger partial charge in [-0.05, 0) is 6.92 Å². The second kappa shape index (κ2) is 5.50. The van der Waals surface area contributed by atoms with Crippen LogP contribution in [0.2, 0.25) is 5.15 Å². The lowest BCUT2D eigenvalue weighted by Gasteiger charge is -2.37. The molecule has 1 N–H and O–H groups in total. The van der Waals surface area contributed by atoms with Crippen LogP contribution in [0.5, 0.6) is 0 Å². The van der Waals surface area contributed by atoms with Crippen molar-refractivity contribution in [3.05, 3.63) is 33.1 Å². The van der Waals surface area contributed by atoms with Gasteiger partial charge in [0.05, 0.1) is 16.5 Å². The van der Waals surface area contributed by atoms with E-state index in [0.717, 1.165) is 19.3 Å². The number of pyridine rings is 1. The Labute approximate surface area is 114 Å². The molecule has 1 aromatic heterocycles. The van der Waals surface area contributed by atoms with Gasteiger partial charge in [0.1, 0.15) is 11.3 Å². The highest BCUT2D eigenvalue weighted by Crippen LogP contribution is 2.22. The summed E-state index contributed by atoms with van der Waals surface area (Å²) in [4.78, 5) is 27.8. The third-order valence-corrected chi connectivity index (χ3v) is 3.37. The van der Waals surface area contributed by atoms with E-state index >= 15 is 0 Å². The van der Waals surface area contributed by atoms with Crippen LogP contribution < -0.4 is 5.32 Å². The number of likely N-dealkylation sites (N-methyl/N-ethyl adjacent to an activating group) is 1. The predicted molar refractivity (Wildman–Crippen MR) is 69.3 cm³/mol. The fourth-order valence-electron chi connectivity index (χ4n) is 1.90. The maximum absolute atomic E-state index is 12.4. The molecule has 1 aliphatic heterocycles. The summed E-state index contributed by atoms with van der Waals surface area (Å²) in [7, 11) is 0. The second-order valence-corrected chi connectivity index (χ2v) is 4.55. The fourth-order valence-corrected chi connectivity index (χ4v) is 2.09. The minimum atomic E-state index is -0.596. The van der Waals surface area contributed by atoms with Crippen molar-refractivity contribution in [3.8, 4) is 0 Å². The van der Waals surface area contributed by atoms with Gasteiger partial charge in [-0.3, -0.25) is 14.9 Å². The average molecular weight is 285 g/mol. The lowest BCUT2D eigenvalue weighted by atomic mass is 10.1. The number of halogens is 1. The molecule has 0 aliphatic carbocycles.